The molecule has 0 radical (unpaired) electrons. The quantitative estimate of drug-likeness (QED) is 0.843. The molecule has 130 valence electrons. The van der Waals surface area contributed by atoms with E-state index in [1.165, 1.54) is 0 Å². The summed E-state index contributed by atoms with van der Waals surface area (Å²) in [6.07, 6.45) is 2.81. The Morgan fingerprint density at radius 2 is 2.12 bits per heavy atom. The second-order valence-electron chi connectivity index (χ2n) is 6.20. The third-order valence-corrected chi connectivity index (χ3v) is 4.43. The molecule has 0 saturated carbocycles. The molecule has 5 nitrogen and oxygen atoms in total. The number of hydrogen-bond acceptors (Lipinski definition) is 3. The molecule has 1 aliphatic heterocycles. The summed E-state index contributed by atoms with van der Waals surface area (Å²) in [6.45, 7) is 2.57. The van der Waals surface area contributed by atoms with Gasteiger partial charge in [0.15, 0.2) is 0 Å². The average Bonchev–Trinajstić information content (AvgIpc) is 3.27. The van der Waals surface area contributed by atoms with Crippen LogP contribution in [0, 0.1) is 5.92 Å². The van der Waals surface area contributed by atoms with Crippen LogP contribution in [0.5, 0.6) is 0 Å². The van der Waals surface area contributed by atoms with Crippen molar-refractivity contribution in [2.24, 2.45) is 5.92 Å². The van der Waals surface area contributed by atoms with Crippen molar-refractivity contribution in [2.45, 2.75) is 19.3 Å². The molecule has 1 unspecified atom stereocenters. The second-order valence-corrected chi connectivity index (χ2v) is 6.20. The van der Waals surface area contributed by atoms with E-state index >= 15 is 0 Å². The lowest BCUT2D eigenvalue weighted by Gasteiger charge is -2.20. The summed E-state index contributed by atoms with van der Waals surface area (Å²) in [7, 11) is 1.91. The van der Waals surface area contributed by atoms with Gasteiger partial charge >= 0.3 is 0 Å². The van der Waals surface area contributed by atoms with Crippen LogP contribution in [-0.2, 0) is 11.2 Å². The number of nitrogens with zero attached hydrogens (tertiary/aromatic N) is 2. The average molecular weight is 349 g/mol. The molecule has 2 N–H and O–H groups in total. The van der Waals surface area contributed by atoms with E-state index in [4.69, 9.17) is 0 Å². The Labute approximate surface area is 149 Å². The second kappa shape index (κ2) is 8.85. The van der Waals surface area contributed by atoms with Gasteiger partial charge in [0.05, 0.1) is 11.6 Å². The molecular weight excluding hydrogens is 324 g/mol. The van der Waals surface area contributed by atoms with Crippen molar-refractivity contribution < 1.29 is 4.79 Å². The molecule has 0 aliphatic carbocycles. The van der Waals surface area contributed by atoms with E-state index in [0.29, 0.717) is 0 Å². The highest BCUT2D eigenvalue weighted by Crippen LogP contribution is 2.17. The number of aryl methyl sites for hydroxylation is 1. The van der Waals surface area contributed by atoms with E-state index in [2.05, 4.69) is 33.7 Å². The maximum absolute atomic E-state index is 12.2. The van der Waals surface area contributed by atoms with Crippen molar-refractivity contribution in [1.82, 2.24) is 20.4 Å². The molecule has 1 fully saturated rings. The predicted octanol–water partition coefficient (Wildman–Crippen LogP) is 2.50. The van der Waals surface area contributed by atoms with Crippen LogP contribution in [0.25, 0.3) is 11.3 Å². The number of benzene rings is 1. The normalized spacial score (nSPS) is 16.6. The molecule has 0 spiro atoms. The van der Waals surface area contributed by atoms with Crippen molar-refractivity contribution in [3.63, 3.8) is 0 Å². The number of aromatic nitrogens is 2. The molecular formula is C18H25ClN4O. The monoisotopic (exact) mass is 348 g/mol. The summed E-state index contributed by atoms with van der Waals surface area (Å²) >= 11 is 0. The minimum Gasteiger partial charge on any atom is -0.345 e. The SMILES string of the molecule is CN(CCCc1cc(-c2ccccc2)n[nH]1)C(=O)C1CCNC1.Cl. The maximum atomic E-state index is 12.2. The van der Waals surface area contributed by atoms with Crippen molar-refractivity contribution >= 4 is 18.3 Å². The lowest BCUT2D eigenvalue weighted by atomic mass is 10.1. The molecule has 3 rings (SSSR count). The minimum atomic E-state index is 0. The van der Waals surface area contributed by atoms with Gasteiger partial charge in [-0.2, -0.15) is 5.10 Å². The Morgan fingerprint density at radius 3 is 2.83 bits per heavy atom. The van der Waals surface area contributed by atoms with E-state index in [0.717, 1.165) is 55.8 Å². The Bertz CT molecular complexity index is 637. The first-order valence-electron chi connectivity index (χ1n) is 8.29. The van der Waals surface area contributed by atoms with Crippen molar-refractivity contribution in [3.05, 3.63) is 42.1 Å². The van der Waals surface area contributed by atoms with E-state index < -0.39 is 0 Å². The van der Waals surface area contributed by atoms with Gasteiger partial charge < -0.3 is 10.2 Å². The highest BCUT2D eigenvalue weighted by atomic mass is 35.5. The van der Waals surface area contributed by atoms with Crippen LogP contribution in [0.1, 0.15) is 18.5 Å². The zero-order valence-corrected chi connectivity index (χ0v) is 14.8. The minimum absolute atomic E-state index is 0. The molecule has 1 atom stereocenters. The van der Waals surface area contributed by atoms with Gasteiger partial charge in [-0.1, -0.05) is 30.3 Å². The Balaban J connectivity index is 0.00000208. The molecule has 0 bridgehead atoms. The van der Waals surface area contributed by atoms with Crippen LogP contribution in [-0.4, -0.2) is 47.7 Å². The summed E-state index contributed by atoms with van der Waals surface area (Å²) in [4.78, 5) is 14.1. The Kier molecular flexibility index (Phi) is 6.82. The number of H-pyrrole nitrogens is 1. The number of amides is 1. The third-order valence-electron chi connectivity index (χ3n) is 4.43. The first-order valence-corrected chi connectivity index (χ1v) is 8.29. The molecule has 1 amide bonds. The number of carbonyl (C=O) groups is 1. The molecule has 1 saturated heterocycles. The number of aromatic amines is 1. The highest BCUT2D eigenvalue weighted by Gasteiger charge is 2.24. The van der Waals surface area contributed by atoms with Crippen LogP contribution in [0.3, 0.4) is 0 Å². The summed E-state index contributed by atoms with van der Waals surface area (Å²) in [5, 5.41) is 10.7. The Hall–Kier alpha value is -1.85. The van der Waals surface area contributed by atoms with E-state index in [-0.39, 0.29) is 24.2 Å². The van der Waals surface area contributed by atoms with Crippen LogP contribution in [0.15, 0.2) is 36.4 Å². The van der Waals surface area contributed by atoms with E-state index in [1.807, 2.05) is 30.1 Å². The predicted molar refractivity (Wildman–Crippen MR) is 98.2 cm³/mol. The van der Waals surface area contributed by atoms with E-state index in [9.17, 15) is 4.79 Å². The van der Waals surface area contributed by atoms with Crippen molar-refractivity contribution in [1.29, 1.82) is 0 Å². The zero-order chi connectivity index (χ0) is 16.1. The van der Waals surface area contributed by atoms with Gasteiger partial charge in [0, 0.05) is 31.4 Å². The van der Waals surface area contributed by atoms with Gasteiger partial charge in [-0.15, -0.1) is 12.4 Å². The lowest BCUT2D eigenvalue weighted by molar-refractivity contribution is -0.133. The Morgan fingerprint density at radius 1 is 1.33 bits per heavy atom. The largest absolute Gasteiger partial charge is 0.345 e. The van der Waals surface area contributed by atoms with Crippen LogP contribution >= 0.6 is 12.4 Å². The van der Waals surface area contributed by atoms with Gasteiger partial charge in [0.25, 0.3) is 0 Å². The summed E-state index contributed by atoms with van der Waals surface area (Å²) in [5.74, 6) is 0.432. The smallest absolute Gasteiger partial charge is 0.226 e. The van der Waals surface area contributed by atoms with E-state index in [1.54, 1.807) is 0 Å². The molecule has 2 heterocycles. The number of hydrogen-bond donors (Lipinski definition) is 2. The molecule has 1 aliphatic rings. The molecule has 1 aromatic carbocycles. The zero-order valence-electron chi connectivity index (χ0n) is 14.0. The fourth-order valence-electron chi connectivity index (χ4n) is 3.04. The van der Waals surface area contributed by atoms with Crippen LogP contribution in [0.4, 0.5) is 0 Å². The summed E-state index contributed by atoms with van der Waals surface area (Å²) in [5.41, 5.74) is 3.21. The topological polar surface area (TPSA) is 61.0 Å². The first-order chi connectivity index (χ1) is 11.2. The summed E-state index contributed by atoms with van der Waals surface area (Å²) in [6, 6.07) is 12.2. The maximum Gasteiger partial charge on any atom is 0.226 e. The summed E-state index contributed by atoms with van der Waals surface area (Å²) < 4.78 is 0. The number of nitrogens with one attached hydrogen (secondary N) is 2. The number of rotatable bonds is 6. The van der Waals surface area contributed by atoms with Crippen LogP contribution < -0.4 is 5.32 Å². The first kappa shape index (κ1) is 18.5. The molecule has 2 aromatic rings. The third kappa shape index (κ3) is 4.58. The van der Waals surface area contributed by atoms with Gasteiger partial charge in [-0.05, 0) is 31.9 Å². The van der Waals surface area contributed by atoms with Gasteiger partial charge in [0.2, 0.25) is 5.91 Å². The fourth-order valence-corrected chi connectivity index (χ4v) is 3.04. The lowest BCUT2D eigenvalue weighted by Crippen LogP contribution is -2.34. The van der Waals surface area contributed by atoms with Gasteiger partial charge in [-0.3, -0.25) is 9.89 Å². The highest BCUT2D eigenvalue weighted by molar-refractivity contribution is 5.85. The van der Waals surface area contributed by atoms with Crippen molar-refractivity contribution in [2.75, 3.05) is 26.7 Å². The van der Waals surface area contributed by atoms with Gasteiger partial charge in [-0.25, -0.2) is 0 Å². The molecule has 6 heteroatoms. The van der Waals surface area contributed by atoms with Crippen molar-refractivity contribution in [3.8, 4) is 11.3 Å². The molecule has 1 aromatic heterocycles. The number of halogens is 1. The standard InChI is InChI=1S/C18H24N4O.ClH/c1-22(18(23)15-9-10-19-13-15)11-5-8-16-12-17(21-20-16)14-6-3-2-4-7-14;/h2-4,6-7,12,15,19H,5,8-11,13H2,1H3,(H,20,21);1H. The number of carbonyl (C=O) groups excluding carboxylic acids is 1. The molecule has 24 heavy (non-hydrogen) atoms. The van der Waals surface area contributed by atoms with Gasteiger partial charge in [0.1, 0.15) is 0 Å². The van der Waals surface area contributed by atoms with Crippen LogP contribution in [0.2, 0.25) is 0 Å². The fraction of sp³-hybridized carbons (Fsp3) is 0.444.